The van der Waals surface area contributed by atoms with Crippen molar-refractivity contribution in [1.29, 1.82) is 0 Å². The van der Waals surface area contributed by atoms with Crippen LogP contribution in [0.5, 0.6) is 0 Å². The Kier molecular flexibility index (Phi) is 14.1. The Hall–Kier alpha value is -0.530. The molecule has 3 aliphatic carbocycles. The molecular formula is C36H48Cl2SiZr-2. The second kappa shape index (κ2) is 15.8. The van der Waals surface area contributed by atoms with E-state index in [0.29, 0.717) is 0 Å². The van der Waals surface area contributed by atoms with Crippen LogP contribution >= 0.6 is 0 Å². The van der Waals surface area contributed by atoms with Gasteiger partial charge < -0.3 is 24.8 Å². The van der Waals surface area contributed by atoms with Crippen LogP contribution in [-0.2, 0) is 40.6 Å². The van der Waals surface area contributed by atoms with Crippen molar-refractivity contribution < 1.29 is 48.1 Å². The molecule has 0 aromatic heterocycles. The monoisotopic (exact) mass is 668 g/mol. The van der Waals surface area contributed by atoms with Crippen LogP contribution in [0, 0.1) is 6.07 Å². The van der Waals surface area contributed by atoms with E-state index in [1.54, 1.807) is 51.4 Å². The molecule has 6 rings (SSSR count). The maximum Gasteiger partial charge on any atom is -0.172 e. The fraction of sp³-hybridized carbons (Fsp3) is 0.528. The Morgan fingerprint density at radius 2 is 1.25 bits per heavy atom. The Morgan fingerprint density at radius 1 is 0.750 bits per heavy atom. The summed E-state index contributed by atoms with van der Waals surface area (Å²) in [6, 6.07) is 25.1. The number of hydrogen-bond donors (Lipinski definition) is 0. The van der Waals surface area contributed by atoms with Crippen molar-refractivity contribution in [1.82, 2.24) is 0 Å². The van der Waals surface area contributed by atoms with Crippen LogP contribution in [0.4, 0.5) is 0 Å². The first-order valence-electron chi connectivity index (χ1n) is 15.0. The third-order valence-electron chi connectivity index (χ3n) is 8.67. The van der Waals surface area contributed by atoms with Crippen molar-refractivity contribution >= 4 is 5.43 Å². The molecule has 0 nitrogen and oxygen atoms in total. The molecule has 0 aliphatic heterocycles. The molecule has 0 radical (unpaired) electrons. The van der Waals surface area contributed by atoms with Crippen LogP contribution < -0.4 is 24.8 Å². The van der Waals surface area contributed by atoms with E-state index in [2.05, 4.69) is 77.9 Å². The predicted molar refractivity (Wildman–Crippen MR) is 163 cm³/mol. The molecule has 2 fully saturated rings. The molecule has 4 heteroatoms. The van der Waals surface area contributed by atoms with Gasteiger partial charge in [0, 0.05) is 0 Å². The summed E-state index contributed by atoms with van der Waals surface area (Å²) in [7, 11) is 0. The molecule has 3 aromatic carbocycles. The van der Waals surface area contributed by atoms with E-state index >= 15 is 0 Å². The smallest absolute Gasteiger partial charge is 0.172 e. The van der Waals surface area contributed by atoms with Gasteiger partial charge in [-0.3, -0.25) is 0 Å². The summed E-state index contributed by atoms with van der Waals surface area (Å²) in [5.41, 5.74) is 11.4. The van der Waals surface area contributed by atoms with E-state index in [9.17, 15) is 0 Å². The summed E-state index contributed by atoms with van der Waals surface area (Å²) in [6.07, 6.45) is 13.7. The predicted octanol–water partition coefficient (Wildman–Crippen LogP) is 4.48. The number of fused-ring (bicyclic) bond motifs is 3. The Balaban J connectivity index is 0.000000248. The van der Waals surface area contributed by atoms with Crippen molar-refractivity contribution in [3.05, 3.63) is 89.0 Å². The zero-order valence-electron chi connectivity index (χ0n) is 25.5. The second-order valence-electron chi connectivity index (χ2n) is 13.7. The molecule has 0 unspecified atom stereocenters. The average Bonchev–Trinajstić information content (AvgIpc) is 3.70. The molecule has 0 amide bonds. The van der Waals surface area contributed by atoms with Gasteiger partial charge in [-0.05, 0) is 17.4 Å². The number of rotatable bonds is 2. The van der Waals surface area contributed by atoms with Gasteiger partial charge in [0.15, 0.2) is 0 Å². The number of benzene rings is 2. The molecule has 0 saturated heterocycles. The minimum absolute atomic E-state index is 0. The minimum atomic E-state index is 0. The summed E-state index contributed by atoms with van der Waals surface area (Å²) >= 11 is 1.94. The van der Waals surface area contributed by atoms with E-state index in [-0.39, 0.29) is 41.1 Å². The third kappa shape index (κ3) is 9.49. The maximum absolute atomic E-state index is 3.53. The fourth-order valence-electron chi connectivity index (χ4n) is 6.11. The molecule has 0 atom stereocenters. The van der Waals surface area contributed by atoms with Gasteiger partial charge in [-0.15, -0.1) is 5.56 Å². The first kappa shape index (κ1) is 35.7. The molecule has 0 heterocycles. The zero-order valence-corrected chi connectivity index (χ0v) is 30.5. The summed E-state index contributed by atoms with van der Waals surface area (Å²) in [5, 5.41) is 0. The van der Waals surface area contributed by atoms with Gasteiger partial charge in [0.05, 0.1) is 0 Å². The van der Waals surface area contributed by atoms with Gasteiger partial charge in [0.1, 0.15) is 0 Å². The molecule has 2 saturated carbocycles. The van der Waals surface area contributed by atoms with E-state index in [1.807, 2.05) is 53.7 Å². The van der Waals surface area contributed by atoms with Gasteiger partial charge in [-0.25, -0.2) is 12.1 Å². The van der Waals surface area contributed by atoms with E-state index in [1.165, 1.54) is 44.5 Å². The van der Waals surface area contributed by atoms with Crippen LogP contribution in [0.15, 0.2) is 60.7 Å². The van der Waals surface area contributed by atoms with Crippen LogP contribution in [0.2, 0.25) is 11.1 Å². The van der Waals surface area contributed by atoms with Crippen molar-refractivity contribution in [2.75, 3.05) is 0 Å². The normalized spacial score (nSPS) is 16.4. The average molecular weight is 671 g/mol. The van der Waals surface area contributed by atoms with Gasteiger partial charge in [-0.1, -0.05) is 76.3 Å². The van der Waals surface area contributed by atoms with Crippen LogP contribution in [0.25, 0.3) is 11.1 Å². The Morgan fingerprint density at radius 3 is 1.70 bits per heavy atom. The van der Waals surface area contributed by atoms with Gasteiger partial charge in [-0.2, -0.15) is 47.5 Å². The summed E-state index contributed by atoms with van der Waals surface area (Å²) in [4.78, 5) is 0. The van der Waals surface area contributed by atoms with Crippen molar-refractivity contribution in [3.63, 3.8) is 0 Å². The molecule has 216 valence electrons. The van der Waals surface area contributed by atoms with E-state index < -0.39 is 0 Å². The van der Waals surface area contributed by atoms with Gasteiger partial charge >= 0.3 is 91.2 Å². The van der Waals surface area contributed by atoms with Crippen LogP contribution in [0.3, 0.4) is 0 Å². The molecule has 0 bridgehead atoms. The largest absolute Gasteiger partial charge is 0.214 e. The summed E-state index contributed by atoms with van der Waals surface area (Å²) in [6.45, 7) is 13.6. The standard InChI is InChI=1S/C21H25.C10H18Si.C5H5.2ClH.Zr/c1-20(2,3)16-9-7-14-11-15-8-10-17(21(4,5)6)13-19(15)18(14)12-16;1-2-6-9(5-1)11-10-7-3-4-8-10;1-2-4-5-3-1;;;/h7,9-10,12-13H,11H2,1-6H3;9-10H,1-8H2;1-5H;2*1H;/q-1;;-1;;;+2/p-2. The third-order valence-corrected chi connectivity index (χ3v) is 17.6. The van der Waals surface area contributed by atoms with Crippen molar-refractivity contribution in [2.45, 2.75) is 121 Å². The van der Waals surface area contributed by atoms with Gasteiger partial charge in [0.25, 0.3) is 0 Å². The quantitative estimate of drug-likeness (QED) is 0.218. The fourth-order valence-corrected chi connectivity index (χ4v) is 13.1. The first-order chi connectivity index (χ1) is 18.0. The SMILES string of the molecule is CC(C)(C)c1c[c-]c2c(c1)-c1cc(C(C)(C)C)ccc1C2.[Cl-].[Cl-].[Zr+2]=[Si](C1CCCC1)C1CCCC1.c1cc[cH-]c1. The van der Waals surface area contributed by atoms with Crippen LogP contribution in [0.1, 0.15) is 115 Å². The van der Waals surface area contributed by atoms with E-state index in [0.717, 1.165) is 6.42 Å². The van der Waals surface area contributed by atoms with Gasteiger partial charge in [0.2, 0.25) is 0 Å². The summed E-state index contributed by atoms with van der Waals surface area (Å²) in [5.74, 6) is 0. The first-order valence-corrected chi connectivity index (χ1v) is 20.3. The second-order valence-corrected chi connectivity index (χ2v) is 20.5. The van der Waals surface area contributed by atoms with Crippen molar-refractivity contribution in [2.24, 2.45) is 0 Å². The zero-order chi connectivity index (χ0) is 27.3. The molecule has 40 heavy (non-hydrogen) atoms. The number of halogens is 2. The molecule has 0 spiro atoms. The van der Waals surface area contributed by atoms with Crippen LogP contribution in [-0.4, -0.2) is 5.43 Å². The summed E-state index contributed by atoms with van der Waals surface area (Å²) < 4.78 is 0. The Bertz CT molecular complexity index is 1090. The molecule has 3 aliphatic rings. The molecular weight excluding hydrogens is 623 g/mol. The maximum atomic E-state index is 3.53. The van der Waals surface area contributed by atoms with E-state index in [4.69, 9.17) is 0 Å². The number of hydrogen-bond acceptors (Lipinski definition) is 0. The molecule has 3 aromatic rings. The van der Waals surface area contributed by atoms with Crippen molar-refractivity contribution in [3.8, 4) is 11.1 Å². The molecule has 0 N–H and O–H groups in total. The minimum Gasteiger partial charge on any atom is -0.214 e. The topological polar surface area (TPSA) is 0 Å². The Labute approximate surface area is 273 Å².